The molecule has 1 amide bonds. The number of aryl methyl sites for hydroxylation is 2. The predicted octanol–water partition coefficient (Wildman–Crippen LogP) is 2.23. The summed E-state index contributed by atoms with van der Waals surface area (Å²) in [7, 11) is 1.30. The average molecular weight is 411 g/mol. The number of hydrogen-bond acceptors (Lipinski definition) is 6. The Morgan fingerprint density at radius 2 is 2.07 bits per heavy atom. The van der Waals surface area contributed by atoms with Crippen molar-refractivity contribution in [3.05, 3.63) is 62.5 Å². The molecule has 2 aromatic heterocycles. The van der Waals surface area contributed by atoms with Crippen molar-refractivity contribution >= 4 is 33.4 Å². The van der Waals surface area contributed by atoms with Gasteiger partial charge in [0.05, 0.1) is 17.4 Å². The van der Waals surface area contributed by atoms with Gasteiger partial charge in [0, 0.05) is 19.4 Å². The topological polar surface area (TPSA) is 90.3 Å². The molecule has 1 aliphatic heterocycles. The van der Waals surface area contributed by atoms with E-state index in [9.17, 15) is 14.4 Å². The Kier molecular flexibility index (Phi) is 5.19. The molecule has 0 saturated heterocycles. The van der Waals surface area contributed by atoms with Crippen LogP contribution in [0, 0.1) is 6.92 Å². The maximum absolute atomic E-state index is 13.0. The number of aromatic nitrogens is 2. The predicted molar refractivity (Wildman–Crippen MR) is 110 cm³/mol. The van der Waals surface area contributed by atoms with Gasteiger partial charge in [0.1, 0.15) is 16.7 Å². The molecule has 7 nitrogen and oxygen atoms in total. The third-order valence-corrected chi connectivity index (χ3v) is 6.38. The second-order valence-electron chi connectivity index (χ2n) is 7.06. The molecule has 1 N–H and O–H groups in total. The Morgan fingerprint density at radius 1 is 1.31 bits per heavy atom. The first-order valence-electron chi connectivity index (χ1n) is 9.45. The molecule has 0 unspecified atom stereocenters. The van der Waals surface area contributed by atoms with Crippen molar-refractivity contribution in [3.63, 3.8) is 0 Å². The number of thiophene rings is 1. The van der Waals surface area contributed by atoms with Crippen molar-refractivity contribution < 1.29 is 14.3 Å². The molecule has 1 atom stereocenters. The number of nitrogens with one attached hydrogen (secondary N) is 1. The number of methoxy groups -OCH3 is 1. The number of carbonyl (C=O) groups is 2. The number of benzene rings is 1. The summed E-state index contributed by atoms with van der Waals surface area (Å²) in [5.41, 5.74) is 1.42. The molecule has 0 spiro atoms. The van der Waals surface area contributed by atoms with Crippen LogP contribution in [-0.4, -0.2) is 34.6 Å². The fourth-order valence-electron chi connectivity index (χ4n) is 3.70. The summed E-state index contributed by atoms with van der Waals surface area (Å²) in [6.07, 6.45) is 2.00. The summed E-state index contributed by atoms with van der Waals surface area (Å²) >= 11 is 1.19. The third-order valence-electron chi connectivity index (χ3n) is 5.19. The van der Waals surface area contributed by atoms with Crippen LogP contribution in [0.15, 0.2) is 35.1 Å². The van der Waals surface area contributed by atoms with Gasteiger partial charge in [-0.3, -0.25) is 14.2 Å². The number of fused-ring (bicyclic) bond motifs is 2. The van der Waals surface area contributed by atoms with Gasteiger partial charge in [-0.15, -0.1) is 11.3 Å². The van der Waals surface area contributed by atoms with Crippen LogP contribution in [0.4, 0.5) is 0 Å². The smallest absolute Gasteiger partial charge is 0.328 e. The Bertz CT molecular complexity index is 1150. The van der Waals surface area contributed by atoms with E-state index in [4.69, 9.17) is 4.74 Å². The summed E-state index contributed by atoms with van der Waals surface area (Å²) in [6.45, 7) is 2.42. The second kappa shape index (κ2) is 7.79. The minimum absolute atomic E-state index is 0.0934. The van der Waals surface area contributed by atoms with Gasteiger partial charge in [-0.2, -0.15) is 0 Å². The molecule has 8 heteroatoms. The lowest BCUT2D eigenvalue weighted by molar-refractivity contribution is -0.142. The van der Waals surface area contributed by atoms with E-state index in [1.165, 1.54) is 18.4 Å². The molecule has 1 aromatic carbocycles. The molecular formula is C21H21N3O4S. The SMILES string of the molecule is COC(=O)[C@@H](Cc1ccccc1)NC(=O)c1sc2nc3n(c(=O)c2c1C)CCC3. The highest BCUT2D eigenvalue weighted by atomic mass is 32.1. The van der Waals surface area contributed by atoms with Crippen molar-refractivity contribution in [2.75, 3.05) is 7.11 Å². The lowest BCUT2D eigenvalue weighted by Crippen LogP contribution is -2.43. The maximum Gasteiger partial charge on any atom is 0.328 e. The average Bonchev–Trinajstić information content (AvgIpc) is 3.32. The highest BCUT2D eigenvalue weighted by Crippen LogP contribution is 2.28. The summed E-state index contributed by atoms with van der Waals surface area (Å²) in [4.78, 5) is 43.6. The maximum atomic E-state index is 13.0. The Balaban J connectivity index is 1.65. The number of esters is 1. The fourth-order valence-corrected chi connectivity index (χ4v) is 4.79. The molecule has 3 heterocycles. The second-order valence-corrected chi connectivity index (χ2v) is 8.06. The minimum Gasteiger partial charge on any atom is -0.467 e. The summed E-state index contributed by atoms with van der Waals surface area (Å²) < 4.78 is 6.56. The van der Waals surface area contributed by atoms with Gasteiger partial charge >= 0.3 is 5.97 Å². The number of amides is 1. The van der Waals surface area contributed by atoms with Crippen molar-refractivity contribution in [1.29, 1.82) is 0 Å². The van der Waals surface area contributed by atoms with Crippen LogP contribution in [0.3, 0.4) is 0 Å². The van der Waals surface area contributed by atoms with Crippen LogP contribution in [0.25, 0.3) is 10.2 Å². The van der Waals surface area contributed by atoms with Gasteiger partial charge in [0.15, 0.2) is 0 Å². The van der Waals surface area contributed by atoms with Crippen LogP contribution in [0.1, 0.15) is 33.0 Å². The quantitative estimate of drug-likeness (QED) is 0.650. The molecule has 0 aliphatic carbocycles. The molecular weight excluding hydrogens is 390 g/mol. The molecule has 29 heavy (non-hydrogen) atoms. The number of hydrogen-bond donors (Lipinski definition) is 1. The normalized spacial score (nSPS) is 13.9. The molecule has 0 bridgehead atoms. The summed E-state index contributed by atoms with van der Waals surface area (Å²) in [5, 5.41) is 3.26. The van der Waals surface area contributed by atoms with E-state index in [0.29, 0.717) is 33.6 Å². The van der Waals surface area contributed by atoms with Gasteiger partial charge in [-0.1, -0.05) is 30.3 Å². The van der Waals surface area contributed by atoms with E-state index >= 15 is 0 Å². The van der Waals surface area contributed by atoms with E-state index < -0.39 is 17.9 Å². The van der Waals surface area contributed by atoms with Crippen LogP contribution < -0.4 is 10.9 Å². The standard InChI is InChI=1S/C21H21N3O4S/c1-12-16-19(23-15-9-6-10-24(15)20(16)26)29-17(12)18(25)22-14(21(27)28-2)11-13-7-4-3-5-8-13/h3-5,7-8,14H,6,9-11H2,1-2H3,(H,22,25)/t14-/m1/s1. The van der Waals surface area contributed by atoms with Crippen LogP contribution in [-0.2, 0) is 28.9 Å². The lowest BCUT2D eigenvalue weighted by atomic mass is 10.1. The van der Waals surface area contributed by atoms with E-state index in [1.807, 2.05) is 30.3 Å². The van der Waals surface area contributed by atoms with E-state index in [0.717, 1.165) is 24.2 Å². The molecule has 0 radical (unpaired) electrons. The van der Waals surface area contributed by atoms with Crippen LogP contribution in [0.5, 0.6) is 0 Å². The lowest BCUT2D eigenvalue weighted by Gasteiger charge is -2.16. The van der Waals surface area contributed by atoms with E-state index in [-0.39, 0.29) is 5.56 Å². The zero-order valence-electron chi connectivity index (χ0n) is 16.2. The van der Waals surface area contributed by atoms with Gasteiger partial charge in [-0.05, 0) is 24.5 Å². The number of carbonyl (C=O) groups excluding carboxylic acids is 2. The monoisotopic (exact) mass is 411 g/mol. The Hall–Kier alpha value is -3.00. The number of rotatable bonds is 5. The molecule has 0 saturated carbocycles. The number of nitrogens with zero attached hydrogens (tertiary/aromatic N) is 2. The van der Waals surface area contributed by atoms with Crippen LogP contribution >= 0.6 is 11.3 Å². The first kappa shape index (κ1) is 19.3. The first-order valence-corrected chi connectivity index (χ1v) is 10.3. The van der Waals surface area contributed by atoms with Gasteiger partial charge < -0.3 is 10.1 Å². The molecule has 4 rings (SSSR count). The Morgan fingerprint density at radius 3 is 2.79 bits per heavy atom. The Labute approximate surface area is 171 Å². The number of ether oxygens (including phenoxy) is 1. The zero-order chi connectivity index (χ0) is 20.5. The molecule has 1 aliphatic rings. The van der Waals surface area contributed by atoms with Crippen molar-refractivity contribution in [1.82, 2.24) is 14.9 Å². The summed E-state index contributed by atoms with van der Waals surface area (Å²) in [5.74, 6) is -0.147. The van der Waals surface area contributed by atoms with Gasteiger partial charge in [0.2, 0.25) is 0 Å². The third kappa shape index (κ3) is 3.55. The van der Waals surface area contributed by atoms with Gasteiger partial charge in [0.25, 0.3) is 11.5 Å². The molecule has 0 fully saturated rings. The highest BCUT2D eigenvalue weighted by molar-refractivity contribution is 7.20. The largest absolute Gasteiger partial charge is 0.467 e. The molecule has 150 valence electrons. The van der Waals surface area contributed by atoms with E-state index in [1.54, 1.807) is 11.5 Å². The summed E-state index contributed by atoms with van der Waals surface area (Å²) in [6, 6.07) is 8.59. The molecule has 3 aromatic rings. The van der Waals surface area contributed by atoms with Crippen molar-refractivity contribution in [2.45, 2.75) is 38.8 Å². The van der Waals surface area contributed by atoms with Crippen molar-refractivity contribution in [3.8, 4) is 0 Å². The van der Waals surface area contributed by atoms with Crippen molar-refractivity contribution in [2.24, 2.45) is 0 Å². The fraction of sp³-hybridized carbons (Fsp3) is 0.333. The highest BCUT2D eigenvalue weighted by Gasteiger charge is 2.27. The van der Waals surface area contributed by atoms with Crippen LogP contribution in [0.2, 0.25) is 0 Å². The van der Waals surface area contributed by atoms with E-state index in [2.05, 4.69) is 10.3 Å². The minimum atomic E-state index is -0.821. The zero-order valence-corrected chi connectivity index (χ0v) is 17.0. The van der Waals surface area contributed by atoms with Gasteiger partial charge in [-0.25, -0.2) is 9.78 Å². The first-order chi connectivity index (χ1) is 14.0.